The second-order valence-electron chi connectivity index (χ2n) is 9.15. The van der Waals surface area contributed by atoms with Gasteiger partial charge in [0.1, 0.15) is 13.1 Å². The molecule has 1 aromatic heterocycles. The number of fused-ring (bicyclic) bond motifs is 2. The van der Waals surface area contributed by atoms with E-state index in [1.165, 1.54) is 6.07 Å². The quantitative estimate of drug-likeness (QED) is 0.381. The van der Waals surface area contributed by atoms with Crippen LogP contribution in [0.15, 0.2) is 65.1 Å². The minimum Gasteiger partial charge on any atom is -0.438 e. The highest BCUT2D eigenvalue weighted by Crippen LogP contribution is 2.46. The van der Waals surface area contributed by atoms with Crippen LogP contribution in [0.25, 0.3) is 0 Å². The number of nitrogens with one attached hydrogen (secondary N) is 1. The molecule has 0 atom stereocenters. The number of furan rings is 1. The van der Waals surface area contributed by atoms with Gasteiger partial charge in [-0.2, -0.15) is 13.6 Å². The molecule has 0 unspecified atom stereocenters. The van der Waals surface area contributed by atoms with Gasteiger partial charge in [-0.05, 0) is 47.4 Å². The Morgan fingerprint density at radius 1 is 1.06 bits per heavy atom. The molecule has 1 amide bonds. The minimum absolute atomic E-state index is 0.0529. The number of nitrogens with two attached hydrogens (primary N) is 2. The van der Waals surface area contributed by atoms with Gasteiger partial charge in [-0.1, -0.05) is 36.3 Å². The lowest BCUT2D eigenvalue weighted by Gasteiger charge is -2.42. The Bertz CT molecular complexity index is 1440. The van der Waals surface area contributed by atoms with Crippen LogP contribution < -0.4 is 16.2 Å². The highest BCUT2D eigenvalue weighted by Gasteiger charge is 2.56. The van der Waals surface area contributed by atoms with Gasteiger partial charge in [0.05, 0.1) is 0 Å². The van der Waals surface area contributed by atoms with Gasteiger partial charge in [0.15, 0.2) is 5.76 Å². The highest BCUT2D eigenvalue weighted by molar-refractivity contribution is 7.83. The topological polar surface area (TPSA) is 128 Å². The molecular weight excluding hydrogens is 464 g/mol. The molecule has 2 aromatic carbocycles. The molecule has 0 aliphatic carbocycles. The van der Waals surface area contributed by atoms with E-state index in [4.69, 9.17) is 15.3 Å². The summed E-state index contributed by atoms with van der Waals surface area (Å²) >= 11 is 0. The molecule has 9 heteroatoms. The molecule has 0 radical (unpaired) electrons. The SMILES string of the molecule is NCc1ccc2c(c1)C1(CC[N+](C(=O)c3ccc(C#Cc4ccccc4)o3)(S(N)(=O)=O)CC1)CN2. The normalized spacial score (nSPS) is 23.3. The van der Waals surface area contributed by atoms with Crippen LogP contribution in [0, 0.1) is 11.8 Å². The minimum atomic E-state index is -4.27. The third-order valence-corrected chi connectivity index (χ3v) is 8.69. The Kier molecular flexibility index (Phi) is 5.77. The molecule has 1 fully saturated rings. The van der Waals surface area contributed by atoms with E-state index in [0.29, 0.717) is 25.9 Å². The number of anilines is 1. The van der Waals surface area contributed by atoms with Gasteiger partial charge in [-0.15, -0.1) is 3.89 Å². The van der Waals surface area contributed by atoms with Crippen LogP contribution in [0.1, 0.15) is 45.8 Å². The average molecular weight is 492 g/mol. The van der Waals surface area contributed by atoms with Gasteiger partial charge in [-0.3, -0.25) is 0 Å². The zero-order valence-electron chi connectivity index (χ0n) is 19.2. The summed E-state index contributed by atoms with van der Waals surface area (Å²) in [6.07, 6.45) is 0.954. The first kappa shape index (κ1) is 23.3. The maximum Gasteiger partial charge on any atom is 0.397 e. The van der Waals surface area contributed by atoms with E-state index in [1.54, 1.807) is 6.07 Å². The molecule has 1 spiro atoms. The smallest absolute Gasteiger partial charge is 0.397 e. The van der Waals surface area contributed by atoms with Crippen LogP contribution in [0.3, 0.4) is 0 Å². The number of amides is 1. The molecule has 0 saturated carbocycles. The molecule has 2 aliphatic rings. The fraction of sp³-hybridized carbons (Fsp3) is 0.269. The maximum absolute atomic E-state index is 13.5. The van der Waals surface area contributed by atoms with Crippen molar-refractivity contribution in [3.8, 4) is 11.8 Å². The van der Waals surface area contributed by atoms with E-state index < -0.39 is 20.0 Å². The van der Waals surface area contributed by atoms with E-state index in [1.807, 2.05) is 42.5 Å². The predicted molar refractivity (Wildman–Crippen MR) is 132 cm³/mol. The predicted octanol–water partition coefficient (Wildman–Crippen LogP) is 2.46. The number of piperidine rings is 1. The number of nitrogens with zero attached hydrogens (tertiary/aromatic N) is 1. The summed E-state index contributed by atoms with van der Waals surface area (Å²) in [7, 11) is -4.27. The molecule has 180 valence electrons. The number of benzene rings is 2. The number of hydrogen-bond acceptors (Lipinski definition) is 6. The summed E-state index contributed by atoms with van der Waals surface area (Å²) in [6, 6.07) is 18.5. The Morgan fingerprint density at radius 3 is 2.49 bits per heavy atom. The van der Waals surface area contributed by atoms with E-state index in [2.05, 4.69) is 23.2 Å². The molecule has 5 rings (SSSR count). The van der Waals surface area contributed by atoms with E-state index >= 15 is 0 Å². The molecule has 3 aromatic rings. The third kappa shape index (κ3) is 4.05. The Labute approximate surface area is 204 Å². The lowest BCUT2D eigenvalue weighted by atomic mass is 9.74. The standard InChI is InChI=1S/C26H27N4O4S/c27-17-20-7-10-23-22(16-20)26(18-29-23)12-14-30(15-13-26,35(28,32)33)25(31)24-11-9-21(34-24)8-6-19-4-2-1-3-5-19/h1-5,7,9-11,16,29H,12-15,17-18,27H2,(H2,28,32,33)/q+1. The fourth-order valence-electron chi connectivity index (χ4n) is 5.09. The second-order valence-corrected chi connectivity index (χ2v) is 10.9. The van der Waals surface area contributed by atoms with Crippen molar-refractivity contribution in [1.82, 2.24) is 0 Å². The van der Waals surface area contributed by atoms with Crippen LogP contribution in [-0.2, 0) is 22.2 Å². The van der Waals surface area contributed by atoms with Crippen LogP contribution in [0.4, 0.5) is 5.69 Å². The van der Waals surface area contributed by atoms with Crippen molar-refractivity contribution in [3.05, 3.63) is 88.9 Å². The zero-order chi connectivity index (χ0) is 24.7. The highest BCUT2D eigenvalue weighted by atomic mass is 32.2. The van der Waals surface area contributed by atoms with Crippen molar-refractivity contribution < 1.29 is 21.5 Å². The Hall–Kier alpha value is -3.42. The van der Waals surface area contributed by atoms with Crippen molar-refractivity contribution in [2.45, 2.75) is 24.8 Å². The zero-order valence-corrected chi connectivity index (χ0v) is 20.0. The molecule has 2 aliphatic heterocycles. The van der Waals surface area contributed by atoms with Gasteiger partial charge < -0.3 is 15.5 Å². The molecule has 5 N–H and O–H groups in total. The molecule has 0 bridgehead atoms. The lowest BCUT2D eigenvalue weighted by molar-refractivity contribution is -0.730. The number of carbonyl (C=O) groups is 1. The van der Waals surface area contributed by atoms with Gasteiger partial charge in [-0.25, -0.2) is 4.79 Å². The summed E-state index contributed by atoms with van der Waals surface area (Å²) in [5.41, 5.74) is 9.52. The summed E-state index contributed by atoms with van der Waals surface area (Å²) < 4.78 is 30.4. The van der Waals surface area contributed by atoms with Crippen molar-refractivity contribution in [1.29, 1.82) is 0 Å². The van der Waals surface area contributed by atoms with E-state index in [-0.39, 0.29) is 30.0 Å². The van der Waals surface area contributed by atoms with E-state index in [9.17, 15) is 13.2 Å². The first-order chi connectivity index (χ1) is 16.8. The summed E-state index contributed by atoms with van der Waals surface area (Å²) in [5.74, 6) is 5.38. The third-order valence-electron chi connectivity index (χ3n) is 7.19. The summed E-state index contributed by atoms with van der Waals surface area (Å²) in [5, 5.41) is 9.10. The summed E-state index contributed by atoms with van der Waals surface area (Å²) in [6.45, 7) is 1.21. The molecule has 3 heterocycles. The number of likely N-dealkylation sites (tertiary alicyclic amines) is 1. The van der Waals surface area contributed by atoms with Crippen LogP contribution in [0.5, 0.6) is 0 Å². The first-order valence-corrected chi connectivity index (χ1v) is 13.0. The van der Waals surface area contributed by atoms with Gasteiger partial charge >= 0.3 is 16.1 Å². The number of hydrogen-bond donors (Lipinski definition) is 3. The average Bonchev–Trinajstić information content (AvgIpc) is 3.48. The van der Waals surface area contributed by atoms with Gasteiger partial charge in [0.25, 0.3) is 0 Å². The fourth-order valence-corrected chi connectivity index (χ4v) is 6.10. The number of quaternary nitrogens is 1. The van der Waals surface area contributed by atoms with Crippen molar-refractivity contribution in [3.63, 3.8) is 0 Å². The maximum atomic E-state index is 13.5. The monoisotopic (exact) mass is 491 g/mol. The second kappa shape index (κ2) is 8.66. The molecule has 1 saturated heterocycles. The molecule has 8 nitrogen and oxygen atoms in total. The lowest BCUT2D eigenvalue weighted by Crippen LogP contribution is -2.64. The van der Waals surface area contributed by atoms with Crippen molar-refractivity contribution >= 4 is 21.8 Å². The van der Waals surface area contributed by atoms with Crippen LogP contribution in [0.2, 0.25) is 0 Å². The largest absolute Gasteiger partial charge is 0.438 e. The van der Waals surface area contributed by atoms with E-state index in [0.717, 1.165) is 22.4 Å². The molecule has 35 heavy (non-hydrogen) atoms. The van der Waals surface area contributed by atoms with Crippen LogP contribution in [-0.4, -0.2) is 37.8 Å². The number of carbonyl (C=O) groups excluding carboxylic acids is 1. The number of rotatable bonds is 3. The van der Waals surface area contributed by atoms with Crippen LogP contribution >= 0.6 is 0 Å². The first-order valence-electron chi connectivity index (χ1n) is 11.5. The van der Waals surface area contributed by atoms with Crippen molar-refractivity contribution in [2.24, 2.45) is 10.9 Å². The van der Waals surface area contributed by atoms with Crippen molar-refractivity contribution in [2.75, 3.05) is 25.0 Å². The van der Waals surface area contributed by atoms with Gasteiger partial charge in [0, 0.05) is 42.6 Å². The summed E-state index contributed by atoms with van der Waals surface area (Å²) in [4.78, 5) is 13.5. The Morgan fingerprint density at radius 2 is 1.80 bits per heavy atom. The van der Waals surface area contributed by atoms with Gasteiger partial charge in [0.2, 0.25) is 5.76 Å². The Balaban J connectivity index is 1.42. The molecular formula is C26H27N4O4S+.